The first-order valence-electron chi connectivity index (χ1n) is 9.02. The number of nitrogens with one attached hydrogen (secondary N) is 1. The number of ether oxygens (including phenoxy) is 1. The monoisotopic (exact) mass is 413 g/mol. The molecule has 2 aromatic carbocycles. The van der Waals surface area contributed by atoms with Crippen molar-refractivity contribution in [2.75, 3.05) is 13.7 Å². The number of rotatable bonds is 8. The zero-order chi connectivity index (χ0) is 20.9. The topological polar surface area (TPSA) is 115 Å². The van der Waals surface area contributed by atoms with E-state index in [-0.39, 0.29) is 10.6 Å². The normalized spacial score (nSPS) is 11.4. The fraction of sp³-hybridized carbons (Fsp3) is 0.190. The van der Waals surface area contributed by atoms with Gasteiger partial charge < -0.3 is 15.2 Å². The highest BCUT2D eigenvalue weighted by molar-refractivity contribution is 7.89. The van der Waals surface area contributed by atoms with Gasteiger partial charge in [0.1, 0.15) is 5.75 Å². The highest BCUT2D eigenvalue weighted by Gasteiger charge is 2.08. The summed E-state index contributed by atoms with van der Waals surface area (Å²) in [6.07, 6.45) is 0.711. The first-order valence-corrected chi connectivity index (χ1v) is 10.6. The number of primary sulfonamides is 1. The second-order valence-corrected chi connectivity index (χ2v) is 8.09. The van der Waals surface area contributed by atoms with Crippen molar-refractivity contribution in [3.63, 3.8) is 0 Å². The predicted octanol–water partition coefficient (Wildman–Crippen LogP) is 2.44. The number of pyridine rings is 1. The van der Waals surface area contributed by atoms with Crippen LogP contribution in [0.15, 0.2) is 65.6 Å². The maximum atomic E-state index is 11.3. The Balaban J connectivity index is 1.60. The number of aromatic hydroxyl groups is 1. The summed E-state index contributed by atoms with van der Waals surface area (Å²) in [6.45, 7) is 1.15. The second-order valence-electron chi connectivity index (χ2n) is 6.52. The van der Waals surface area contributed by atoms with Crippen molar-refractivity contribution in [3.05, 3.63) is 71.8 Å². The number of hydrogen-bond acceptors (Lipinski definition) is 6. The number of aromatic nitrogens is 1. The van der Waals surface area contributed by atoms with Crippen molar-refractivity contribution >= 4 is 10.0 Å². The van der Waals surface area contributed by atoms with Gasteiger partial charge in [0.25, 0.3) is 0 Å². The lowest BCUT2D eigenvalue weighted by molar-refractivity contribution is 0.398. The molecule has 0 aliphatic heterocycles. The number of methoxy groups -OCH3 is 1. The molecule has 0 amide bonds. The Kier molecular flexibility index (Phi) is 6.48. The van der Waals surface area contributed by atoms with Crippen LogP contribution >= 0.6 is 0 Å². The van der Waals surface area contributed by atoms with Gasteiger partial charge in [0.15, 0.2) is 0 Å². The number of hydrogen-bond donors (Lipinski definition) is 3. The molecule has 0 spiro atoms. The van der Waals surface area contributed by atoms with E-state index in [9.17, 15) is 13.5 Å². The lowest BCUT2D eigenvalue weighted by atomic mass is 10.1. The van der Waals surface area contributed by atoms with Crippen LogP contribution in [-0.4, -0.2) is 32.2 Å². The van der Waals surface area contributed by atoms with Crippen molar-refractivity contribution in [2.45, 2.75) is 17.9 Å². The Morgan fingerprint density at radius 3 is 2.55 bits per heavy atom. The smallest absolute Gasteiger partial charge is 0.238 e. The van der Waals surface area contributed by atoms with E-state index in [1.165, 1.54) is 12.1 Å². The van der Waals surface area contributed by atoms with Crippen LogP contribution in [0.4, 0.5) is 0 Å². The lowest BCUT2D eigenvalue weighted by Crippen LogP contribution is -2.17. The molecule has 8 heteroatoms. The Morgan fingerprint density at radius 2 is 1.86 bits per heavy atom. The van der Waals surface area contributed by atoms with Crippen LogP contribution < -0.4 is 15.2 Å². The molecule has 1 heterocycles. The summed E-state index contributed by atoms with van der Waals surface area (Å²) in [5.74, 6) is 0.741. The molecule has 0 bridgehead atoms. The standard InChI is InChI=1S/C21H23N3O4S/c1-28-21-4-2-3-19(24-21)16-7-10-20(25)17(13-16)14-23-12-11-15-5-8-18(9-6-15)29(22,26)27/h2-10,13,23,25H,11-12,14H2,1H3,(H2,22,26,27). The molecule has 0 radical (unpaired) electrons. The molecule has 152 valence electrons. The molecule has 0 atom stereocenters. The van der Waals surface area contributed by atoms with Crippen LogP contribution in [-0.2, 0) is 23.0 Å². The second kappa shape index (κ2) is 9.04. The van der Waals surface area contributed by atoms with Crippen molar-refractivity contribution in [1.29, 1.82) is 0 Å². The number of sulfonamides is 1. The van der Waals surface area contributed by atoms with Crippen molar-refractivity contribution in [1.82, 2.24) is 10.3 Å². The summed E-state index contributed by atoms with van der Waals surface area (Å²) in [4.78, 5) is 4.52. The van der Waals surface area contributed by atoms with Crippen LogP contribution in [0.3, 0.4) is 0 Å². The maximum Gasteiger partial charge on any atom is 0.238 e. The maximum absolute atomic E-state index is 11.3. The fourth-order valence-electron chi connectivity index (χ4n) is 2.88. The highest BCUT2D eigenvalue weighted by Crippen LogP contribution is 2.26. The molecule has 29 heavy (non-hydrogen) atoms. The zero-order valence-corrected chi connectivity index (χ0v) is 16.8. The minimum atomic E-state index is -3.67. The van der Waals surface area contributed by atoms with E-state index in [4.69, 9.17) is 9.88 Å². The van der Waals surface area contributed by atoms with E-state index in [0.29, 0.717) is 25.4 Å². The van der Waals surface area contributed by atoms with Crippen LogP contribution in [0.25, 0.3) is 11.3 Å². The molecule has 0 saturated carbocycles. The summed E-state index contributed by atoms with van der Waals surface area (Å²) in [6, 6.07) is 17.4. The van der Waals surface area contributed by atoms with Gasteiger partial charge in [0, 0.05) is 23.7 Å². The van der Waals surface area contributed by atoms with Crippen molar-refractivity contribution < 1.29 is 18.3 Å². The Hall–Kier alpha value is -2.94. The average Bonchev–Trinajstić information content (AvgIpc) is 2.72. The molecular formula is C21H23N3O4S. The molecule has 3 aromatic rings. The van der Waals surface area contributed by atoms with Gasteiger partial charge >= 0.3 is 0 Å². The predicted molar refractivity (Wildman–Crippen MR) is 111 cm³/mol. The average molecular weight is 413 g/mol. The molecule has 0 aliphatic carbocycles. The summed E-state index contributed by atoms with van der Waals surface area (Å²) in [5, 5.41) is 18.5. The van der Waals surface area contributed by atoms with Gasteiger partial charge in [-0.25, -0.2) is 18.5 Å². The van der Waals surface area contributed by atoms with E-state index in [2.05, 4.69) is 10.3 Å². The highest BCUT2D eigenvalue weighted by atomic mass is 32.2. The summed E-state index contributed by atoms with van der Waals surface area (Å²) >= 11 is 0. The van der Waals surface area contributed by atoms with Crippen LogP contribution in [0.5, 0.6) is 11.6 Å². The molecule has 3 rings (SSSR count). The summed E-state index contributed by atoms with van der Waals surface area (Å²) in [5.41, 5.74) is 3.40. The quantitative estimate of drug-likeness (QED) is 0.489. The Morgan fingerprint density at radius 1 is 1.10 bits per heavy atom. The van der Waals surface area contributed by atoms with E-state index < -0.39 is 10.0 Å². The van der Waals surface area contributed by atoms with E-state index in [1.807, 2.05) is 24.3 Å². The van der Waals surface area contributed by atoms with Crippen LogP contribution in [0.1, 0.15) is 11.1 Å². The minimum Gasteiger partial charge on any atom is -0.508 e. The molecule has 1 aromatic heterocycles. The van der Waals surface area contributed by atoms with Crippen molar-refractivity contribution in [3.8, 4) is 22.9 Å². The largest absolute Gasteiger partial charge is 0.508 e. The molecule has 0 fully saturated rings. The van der Waals surface area contributed by atoms with Gasteiger partial charge in [0.05, 0.1) is 17.7 Å². The fourth-order valence-corrected chi connectivity index (χ4v) is 3.39. The molecule has 4 N–H and O–H groups in total. The van der Waals surface area contributed by atoms with E-state index in [1.54, 1.807) is 31.4 Å². The molecule has 7 nitrogen and oxygen atoms in total. The van der Waals surface area contributed by atoms with E-state index >= 15 is 0 Å². The third-order valence-corrected chi connectivity index (χ3v) is 5.39. The van der Waals surface area contributed by atoms with Gasteiger partial charge in [-0.1, -0.05) is 18.2 Å². The SMILES string of the molecule is COc1cccc(-c2ccc(O)c(CNCCc3ccc(S(N)(=O)=O)cc3)c2)n1. The number of nitrogens with two attached hydrogens (primary N) is 1. The first-order chi connectivity index (χ1) is 13.9. The first kappa shape index (κ1) is 20.8. The van der Waals surface area contributed by atoms with Gasteiger partial charge in [0.2, 0.25) is 15.9 Å². The molecule has 0 saturated heterocycles. The summed E-state index contributed by atoms with van der Waals surface area (Å²) < 4.78 is 27.7. The minimum absolute atomic E-state index is 0.0992. The number of phenols is 1. The van der Waals surface area contributed by atoms with Gasteiger partial charge in [-0.05, 0) is 54.9 Å². The van der Waals surface area contributed by atoms with Gasteiger partial charge in [-0.15, -0.1) is 0 Å². The lowest BCUT2D eigenvalue weighted by Gasteiger charge is -2.10. The third kappa shape index (κ3) is 5.54. The van der Waals surface area contributed by atoms with Gasteiger partial charge in [-0.3, -0.25) is 0 Å². The number of phenolic OH excluding ortho intramolecular Hbond substituents is 1. The van der Waals surface area contributed by atoms with Crippen LogP contribution in [0.2, 0.25) is 0 Å². The number of nitrogens with zero attached hydrogens (tertiary/aromatic N) is 1. The third-order valence-electron chi connectivity index (χ3n) is 4.47. The van der Waals surface area contributed by atoms with Gasteiger partial charge in [-0.2, -0.15) is 0 Å². The zero-order valence-electron chi connectivity index (χ0n) is 16.0. The molecule has 0 unspecified atom stereocenters. The van der Waals surface area contributed by atoms with Crippen molar-refractivity contribution in [2.24, 2.45) is 5.14 Å². The summed E-state index contributed by atoms with van der Waals surface area (Å²) in [7, 11) is -2.10. The van der Waals surface area contributed by atoms with Crippen LogP contribution in [0, 0.1) is 0 Å². The Bertz CT molecular complexity index is 1080. The Labute approximate surface area is 170 Å². The van der Waals surface area contributed by atoms with E-state index in [0.717, 1.165) is 22.4 Å². The molecular weight excluding hydrogens is 390 g/mol. The number of benzene rings is 2. The molecule has 0 aliphatic rings.